The third-order valence-corrected chi connectivity index (χ3v) is 8.83. The zero-order chi connectivity index (χ0) is 27.4. The summed E-state index contributed by atoms with van der Waals surface area (Å²) in [6.07, 6.45) is -2.04. The van der Waals surface area contributed by atoms with Crippen LogP contribution in [0.3, 0.4) is 0 Å². The maximum absolute atomic E-state index is 11.7. The Morgan fingerprint density at radius 1 is 1.29 bits per heavy atom. The molecule has 3 aromatic rings. The molecular weight excluding hydrogens is 541 g/mol. The monoisotopic (exact) mass is 569 g/mol. The van der Waals surface area contributed by atoms with E-state index < -0.39 is 50.7 Å². The summed E-state index contributed by atoms with van der Waals surface area (Å²) >= 11 is 6.24. The number of aliphatic hydroxyl groups is 3. The van der Waals surface area contributed by atoms with Crippen LogP contribution in [-0.2, 0) is 20.5 Å². The molecule has 6 N–H and O–H groups in total. The third kappa shape index (κ3) is 4.83. The molecule has 1 aliphatic carbocycles. The van der Waals surface area contributed by atoms with Gasteiger partial charge in [-0.25, -0.2) is 4.68 Å². The van der Waals surface area contributed by atoms with Crippen molar-refractivity contribution in [3.8, 4) is 0 Å². The first-order valence-corrected chi connectivity index (χ1v) is 14.0. The first kappa shape index (κ1) is 27.4. The van der Waals surface area contributed by atoms with Crippen LogP contribution in [0.25, 0.3) is 11.0 Å². The second kappa shape index (κ2) is 10.1. The van der Waals surface area contributed by atoms with Gasteiger partial charge in [-0.1, -0.05) is 23.8 Å². The van der Waals surface area contributed by atoms with Crippen molar-refractivity contribution in [2.45, 2.75) is 62.6 Å². The number of rotatable bonds is 8. The number of nitrogens with one attached hydrogen (secondary N) is 1. The molecular formula is C23H29ClN5O8P. The lowest BCUT2D eigenvalue weighted by Gasteiger charge is -2.29. The van der Waals surface area contributed by atoms with Crippen molar-refractivity contribution in [3.05, 3.63) is 46.4 Å². The zero-order valence-electron chi connectivity index (χ0n) is 20.6. The molecule has 1 saturated heterocycles. The normalized spacial score (nSPS) is 27.0. The fourth-order valence-electron chi connectivity index (χ4n) is 4.81. The fourth-order valence-corrected chi connectivity index (χ4v) is 5.40. The summed E-state index contributed by atoms with van der Waals surface area (Å²) in [5.74, 6) is 0.456. The SMILES string of the molecule is Cc1ccc2c(c1)CC[C@H]2Nc1nc(Cl)nc2c1cnn2[C@@H]1O[C@H](CO[C@@](C)(CO)P(=O)(O)O)[C@@H](O)[C@H]1O. The Hall–Kier alpha value is -2.19. The highest BCUT2D eigenvalue weighted by Gasteiger charge is 2.48. The number of nitrogens with zero attached hydrogens (tertiary/aromatic N) is 4. The molecule has 1 aromatic carbocycles. The maximum atomic E-state index is 11.7. The molecule has 2 aliphatic rings. The topological polar surface area (TPSA) is 192 Å². The summed E-state index contributed by atoms with van der Waals surface area (Å²) < 4.78 is 24.0. The van der Waals surface area contributed by atoms with E-state index >= 15 is 0 Å². The van der Waals surface area contributed by atoms with Crippen LogP contribution in [0.4, 0.5) is 5.82 Å². The smallest absolute Gasteiger partial charge is 0.359 e. The van der Waals surface area contributed by atoms with Crippen LogP contribution in [0, 0.1) is 6.92 Å². The molecule has 3 heterocycles. The van der Waals surface area contributed by atoms with Crippen LogP contribution in [0.1, 0.15) is 42.3 Å². The van der Waals surface area contributed by atoms with Gasteiger partial charge >= 0.3 is 7.60 Å². The minimum atomic E-state index is -4.85. The van der Waals surface area contributed by atoms with Crippen molar-refractivity contribution in [1.29, 1.82) is 0 Å². The molecule has 6 atom stereocenters. The zero-order valence-corrected chi connectivity index (χ0v) is 22.2. The van der Waals surface area contributed by atoms with E-state index in [1.807, 2.05) is 0 Å². The van der Waals surface area contributed by atoms with Gasteiger partial charge in [-0.05, 0) is 49.4 Å². The lowest BCUT2D eigenvalue weighted by molar-refractivity contribution is -0.104. The van der Waals surface area contributed by atoms with E-state index in [2.05, 4.69) is 45.5 Å². The van der Waals surface area contributed by atoms with Crippen LogP contribution in [0.15, 0.2) is 24.4 Å². The maximum Gasteiger partial charge on any atom is 0.359 e. The van der Waals surface area contributed by atoms with E-state index in [0.717, 1.165) is 19.8 Å². The molecule has 0 radical (unpaired) electrons. The van der Waals surface area contributed by atoms with Crippen molar-refractivity contribution in [1.82, 2.24) is 19.7 Å². The van der Waals surface area contributed by atoms with Crippen molar-refractivity contribution in [3.63, 3.8) is 0 Å². The van der Waals surface area contributed by atoms with E-state index in [9.17, 15) is 29.7 Å². The summed E-state index contributed by atoms with van der Waals surface area (Å²) in [7, 11) is -4.85. The standard InChI is InChI=1S/C23H29ClN5O8P/c1-11-3-5-13-12(7-11)4-6-15(13)26-19-14-8-25-29(20(14)28-22(24)27-19)21-18(32)17(31)16(37-21)9-36-23(2,10-30)38(33,34)35/h3,5,7-8,15-18,21,30-32H,4,6,9-10H2,1-2H3,(H,26,27,28)(H2,33,34,35)/t15-,16-,17-,18-,21-,23-/m1/s1. The van der Waals surface area contributed by atoms with Crippen LogP contribution >= 0.6 is 19.2 Å². The predicted octanol–water partition coefficient (Wildman–Crippen LogP) is 1.41. The van der Waals surface area contributed by atoms with E-state index in [1.165, 1.54) is 27.6 Å². The summed E-state index contributed by atoms with van der Waals surface area (Å²) in [4.78, 5) is 27.6. The van der Waals surface area contributed by atoms with Gasteiger partial charge in [0.1, 0.15) is 24.1 Å². The Labute approximate surface area is 222 Å². The van der Waals surface area contributed by atoms with E-state index in [1.54, 1.807) is 0 Å². The van der Waals surface area contributed by atoms with Crippen LogP contribution in [0.2, 0.25) is 5.28 Å². The van der Waals surface area contributed by atoms with Gasteiger partial charge in [-0.3, -0.25) is 4.57 Å². The highest BCUT2D eigenvalue weighted by atomic mass is 35.5. The molecule has 5 rings (SSSR count). The van der Waals surface area contributed by atoms with Gasteiger partial charge in [-0.15, -0.1) is 0 Å². The number of anilines is 1. The van der Waals surface area contributed by atoms with E-state index in [0.29, 0.717) is 11.2 Å². The molecule has 38 heavy (non-hydrogen) atoms. The second-order valence-electron chi connectivity index (χ2n) is 9.84. The Morgan fingerprint density at radius 2 is 2.05 bits per heavy atom. The number of halogens is 1. The van der Waals surface area contributed by atoms with Gasteiger partial charge in [0.25, 0.3) is 0 Å². The molecule has 1 aliphatic heterocycles. The molecule has 13 nitrogen and oxygen atoms in total. The molecule has 0 unspecified atom stereocenters. The molecule has 0 bridgehead atoms. The van der Waals surface area contributed by atoms with Gasteiger partial charge < -0.3 is 39.9 Å². The number of fused-ring (bicyclic) bond motifs is 2. The first-order valence-electron chi connectivity index (χ1n) is 12.0. The fraction of sp³-hybridized carbons (Fsp3) is 0.522. The van der Waals surface area contributed by atoms with Crippen LogP contribution < -0.4 is 5.32 Å². The molecule has 0 saturated carbocycles. The van der Waals surface area contributed by atoms with Crippen LogP contribution in [-0.4, -0.2) is 81.7 Å². The predicted molar refractivity (Wildman–Crippen MR) is 136 cm³/mol. The van der Waals surface area contributed by atoms with Gasteiger partial charge in [0.05, 0.1) is 30.8 Å². The number of benzene rings is 1. The highest BCUT2D eigenvalue weighted by molar-refractivity contribution is 7.53. The Morgan fingerprint density at radius 3 is 2.76 bits per heavy atom. The minimum Gasteiger partial charge on any atom is -0.393 e. The minimum absolute atomic E-state index is 0.00893. The number of aliphatic hydroxyl groups excluding tert-OH is 3. The Bertz CT molecular complexity index is 1400. The lowest BCUT2D eigenvalue weighted by atomic mass is 10.1. The molecule has 15 heteroatoms. The largest absolute Gasteiger partial charge is 0.393 e. The quantitative estimate of drug-likeness (QED) is 0.169. The van der Waals surface area contributed by atoms with E-state index in [4.69, 9.17) is 21.1 Å². The summed E-state index contributed by atoms with van der Waals surface area (Å²) in [5, 5.41) is 36.7. The summed E-state index contributed by atoms with van der Waals surface area (Å²) in [5.41, 5.74) is 3.90. The van der Waals surface area contributed by atoms with Crippen molar-refractivity contribution >= 4 is 36.0 Å². The molecule has 2 aromatic heterocycles. The molecule has 1 fully saturated rings. The average molecular weight is 570 g/mol. The summed E-state index contributed by atoms with van der Waals surface area (Å²) in [6, 6.07) is 6.34. The summed E-state index contributed by atoms with van der Waals surface area (Å²) in [6.45, 7) is 1.62. The van der Waals surface area contributed by atoms with Crippen molar-refractivity contribution in [2.24, 2.45) is 0 Å². The van der Waals surface area contributed by atoms with E-state index in [-0.39, 0.29) is 17.0 Å². The van der Waals surface area contributed by atoms with Crippen LogP contribution in [0.5, 0.6) is 0 Å². The van der Waals surface area contributed by atoms with Gasteiger partial charge in [0, 0.05) is 0 Å². The van der Waals surface area contributed by atoms with Gasteiger partial charge in [0.15, 0.2) is 17.2 Å². The van der Waals surface area contributed by atoms with Gasteiger partial charge in [-0.2, -0.15) is 15.1 Å². The third-order valence-electron chi connectivity index (χ3n) is 7.16. The van der Waals surface area contributed by atoms with Gasteiger partial charge in [0.2, 0.25) is 5.28 Å². The molecule has 0 amide bonds. The first-order chi connectivity index (χ1) is 17.9. The number of aryl methyl sites for hydroxylation is 2. The number of hydrogen-bond acceptors (Lipinski definition) is 10. The number of aromatic nitrogens is 4. The molecule has 206 valence electrons. The second-order valence-corrected chi connectivity index (χ2v) is 12.2. The molecule has 0 spiro atoms. The van der Waals surface area contributed by atoms with Crippen molar-refractivity contribution in [2.75, 3.05) is 18.5 Å². The highest BCUT2D eigenvalue weighted by Crippen LogP contribution is 2.51. The van der Waals surface area contributed by atoms with Crippen molar-refractivity contribution < 1.29 is 39.1 Å². The lowest BCUT2D eigenvalue weighted by Crippen LogP contribution is -2.39. The Kier molecular flexibility index (Phi) is 7.27. The Balaban J connectivity index is 1.39. The average Bonchev–Trinajstić information content (AvgIpc) is 3.53. The number of hydrogen-bond donors (Lipinski definition) is 6. The number of ether oxygens (including phenoxy) is 2.